The minimum Gasteiger partial charge on any atom is -0.351 e. The van der Waals surface area contributed by atoms with E-state index in [9.17, 15) is 4.79 Å². The van der Waals surface area contributed by atoms with Crippen molar-refractivity contribution in [2.75, 3.05) is 31.5 Å². The number of amides is 1. The number of piperazine rings is 1. The Morgan fingerprint density at radius 2 is 1.79 bits per heavy atom. The van der Waals surface area contributed by atoms with Crippen LogP contribution in [0.1, 0.15) is 58.4 Å². The van der Waals surface area contributed by atoms with E-state index in [2.05, 4.69) is 44.3 Å². The summed E-state index contributed by atoms with van der Waals surface area (Å²) in [5.41, 5.74) is 2.74. The number of fused-ring (bicyclic) bond motifs is 3. The molecule has 9 heteroatoms. The van der Waals surface area contributed by atoms with Crippen LogP contribution in [0.3, 0.4) is 0 Å². The van der Waals surface area contributed by atoms with Crippen molar-refractivity contribution in [2.45, 2.75) is 70.5 Å². The molecule has 34 heavy (non-hydrogen) atoms. The zero-order valence-corrected chi connectivity index (χ0v) is 20.2. The summed E-state index contributed by atoms with van der Waals surface area (Å²) in [4.78, 5) is 26.5. The molecule has 6 rings (SSSR count). The SMILES string of the molecule is CC(C)n1nnc2ccc3cnc(NC4CCC(N5CCN(C(=O)C6CC6)CC5)CC4)nc3c21. The second-order valence-electron chi connectivity index (χ2n) is 10.5. The summed E-state index contributed by atoms with van der Waals surface area (Å²) in [6.45, 7) is 8.04. The molecule has 3 aliphatic rings. The molecule has 3 heterocycles. The first kappa shape index (κ1) is 21.7. The number of nitrogens with one attached hydrogen (secondary N) is 1. The fourth-order valence-corrected chi connectivity index (χ4v) is 5.61. The molecule has 1 aliphatic heterocycles. The van der Waals surface area contributed by atoms with Crippen molar-refractivity contribution < 1.29 is 4.79 Å². The molecule has 9 nitrogen and oxygen atoms in total. The van der Waals surface area contributed by atoms with E-state index in [4.69, 9.17) is 4.98 Å². The molecule has 2 aliphatic carbocycles. The highest BCUT2D eigenvalue weighted by atomic mass is 16.2. The van der Waals surface area contributed by atoms with E-state index in [1.54, 1.807) is 0 Å². The molecule has 1 aromatic carbocycles. The van der Waals surface area contributed by atoms with Crippen molar-refractivity contribution in [3.8, 4) is 0 Å². The molecule has 0 spiro atoms. The van der Waals surface area contributed by atoms with E-state index in [-0.39, 0.29) is 6.04 Å². The van der Waals surface area contributed by atoms with Gasteiger partial charge in [0.15, 0.2) is 0 Å². The number of hydrogen-bond acceptors (Lipinski definition) is 7. The molecule has 0 atom stereocenters. The molecule has 1 amide bonds. The van der Waals surface area contributed by atoms with Crippen molar-refractivity contribution in [3.63, 3.8) is 0 Å². The van der Waals surface area contributed by atoms with Gasteiger partial charge in [-0.25, -0.2) is 14.6 Å². The molecule has 1 N–H and O–H groups in total. The van der Waals surface area contributed by atoms with Crippen molar-refractivity contribution in [2.24, 2.45) is 5.92 Å². The first-order chi connectivity index (χ1) is 16.6. The average Bonchev–Trinajstić information content (AvgIpc) is 3.62. The maximum atomic E-state index is 12.3. The fraction of sp³-hybridized carbons (Fsp3) is 0.640. The second-order valence-corrected chi connectivity index (χ2v) is 10.5. The van der Waals surface area contributed by atoms with Crippen molar-refractivity contribution in [3.05, 3.63) is 18.3 Å². The first-order valence-corrected chi connectivity index (χ1v) is 12.9. The van der Waals surface area contributed by atoms with Gasteiger partial charge in [-0.2, -0.15) is 0 Å². The summed E-state index contributed by atoms with van der Waals surface area (Å²) in [5.74, 6) is 1.42. The van der Waals surface area contributed by atoms with Gasteiger partial charge in [0.1, 0.15) is 16.6 Å². The van der Waals surface area contributed by atoms with Crippen LogP contribution in [0, 0.1) is 5.92 Å². The molecule has 2 aromatic heterocycles. The summed E-state index contributed by atoms with van der Waals surface area (Å²) in [6, 6.07) is 5.23. The van der Waals surface area contributed by atoms with Crippen molar-refractivity contribution >= 4 is 33.8 Å². The Kier molecular flexibility index (Phi) is 5.59. The van der Waals surface area contributed by atoms with Gasteiger partial charge in [-0.3, -0.25) is 9.69 Å². The van der Waals surface area contributed by atoms with Crippen LogP contribution in [0.25, 0.3) is 21.9 Å². The summed E-state index contributed by atoms with van der Waals surface area (Å²) in [6.07, 6.45) is 8.67. The predicted molar refractivity (Wildman–Crippen MR) is 132 cm³/mol. The molecule has 0 bridgehead atoms. The Labute approximate surface area is 199 Å². The smallest absolute Gasteiger partial charge is 0.225 e. The quantitative estimate of drug-likeness (QED) is 0.622. The second kappa shape index (κ2) is 8.76. The van der Waals surface area contributed by atoms with E-state index in [1.807, 2.05) is 23.0 Å². The molecule has 180 valence electrons. The number of hydrogen-bond donors (Lipinski definition) is 1. The van der Waals surface area contributed by atoms with Gasteiger partial charge >= 0.3 is 0 Å². The lowest BCUT2D eigenvalue weighted by Crippen LogP contribution is -2.53. The highest BCUT2D eigenvalue weighted by Gasteiger charge is 2.36. The van der Waals surface area contributed by atoms with E-state index in [0.717, 1.165) is 73.8 Å². The Balaban J connectivity index is 1.08. The van der Waals surface area contributed by atoms with Gasteiger partial charge in [-0.1, -0.05) is 5.21 Å². The molecule has 3 aromatic rings. The Hall–Kier alpha value is -2.81. The summed E-state index contributed by atoms with van der Waals surface area (Å²) in [5, 5.41) is 13.3. The third-order valence-electron chi connectivity index (χ3n) is 7.77. The molecule has 2 saturated carbocycles. The molecular formula is C25H34N8O. The lowest BCUT2D eigenvalue weighted by Gasteiger charge is -2.42. The van der Waals surface area contributed by atoms with Crippen LogP contribution in [0.4, 0.5) is 5.95 Å². The number of aromatic nitrogens is 5. The van der Waals surface area contributed by atoms with Gasteiger partial charge in [0.05, 0.1) is 0 Å². The van der Waals surface area contributed by atoms with E-state index in [0.29, 0.717) is 29.9 Å². The third-order valence-corrected chi connectivity index (χ3v) is 7.77. The highest BCUT2D eigenvalue weighted by Crippen LogP contribution is 2.32. The van der Waals surface area contributed by atoms with Crippen molar-refractivity contribution in [1.82, 2.24) is 34.8 Å². The van der Waals surface area contributed by atoms with Crippen LogP contribution in [0.2, 0.25) is 0 Å². The standard InChI is InChI=1S/C25H34N8O/c1-16(2)33-23-21(29-30-33)10-5-18-15-26-25(28-22(18)23)27-19-6-8-20(9-7-19)31-11-13-32(14-12-31)24(34)17-3-4-17/h5,10,15-17,19-20H,3-4,6-9,11-14H2,1-2H3,(H,26,27,28). The molecule has 1 saturated heterocycles. The Morgan fingerprint density at radius 3 is 2.50 bits per heavy atom. The van der Waals surface area contributed by atoms with Gasteiger partial charge in [0.25, 0.3) is 0 Å². The lowest BCUT2D eigenvalue weighted by atomic mass is 9.90. The third kappa shape index (κ3) is 4.10. The molecular weight excluding hydrogens is 428 g/mol. The van der Waals surface area contributed by atoms with Gasteiger partial charge in [0, 0.05) is 61.8 Å². The minimum absolute atomic E-state index is 0.214. The number of carbonyl (C=O) groups excluding carboxylic acids is 1. The maximum Gasteiger partial charge on any atom is 0.225 e. The zero-order valence-electron chi connectivity index (χ0n) is 20.2. The van der Waals surface area contributed by atoms with Gasteiger partial charge in [-0.05, 0) is 64.5 Å². The maximum absolute atomic E-state index is 12.3. The zero-order chi connectivity index (χ0) is 23.2. The van der Waals surface area contributed by atoms with Crippen LogP contribution >= 0.6 is 0 Å². The van der Waals surface area contributed by atoms with Gasteiger partial charge in [0.2, 0.25) is 11.9 Å². The van der Waals surface area contributed by atoms with Crippen LogP contribution in [-0.4, -0.2) is 78.9 Å². The first-order valence-electron chi connectivity index (χ1n) is 12.9. The van der Waals surface area contributed by atoms with Gasteiger partial charge in [-0.15, -0.1) is 5.10 Å². The molecule has 0 unspecified atom stereocenters. The summed E-state index contributed by atoms with van der Waals surface area (Å²) in [7, 11) is 0. The summed E-state index contributed by atoms with van der Waals surface area (Å²) >= 11 is 0. The minimum atomic E-state index is 0.214. The lowest BCUT2D eigenvalue weighted by molar-refractivity contribution is -0.134. The largest absolute Gasteiger partial charge is 0.351 e. The number of carbonyl (C=O) groups is 1. The van der Waals surface area contributed by atoms with Crippen LogP contribution < -0.4 is 5.32 Å². The molecule has 0 radical (unpaired) electrons. The van der Waals surface area contributed by atoms with Crippen LogP contribution in [-0.2, 0) is 4.79 Å². The normalized spacial score (nSPS) is 24.3. The van der Waals surface area contributed by atoms with Crippen LogP contribution in [0.15, 0.2) is 18.3 Å². The van der Waals surface area contributed by atoms with Gasteiger partial charge < -0.3 is 10.2 Å². The van der Waals surface area contributed by atoms with E-state index in [1.165, 1.54) is 12.8 Å². The topological polar surface area (TPSA) is 92.1 Å². The average molecular weight is 463 g/mol. The monoisotopic (exact) mass is 462 g/mol. The fourth-order valence-electron chi connectivity index (χ4n) is 5.61. The van der Waals surface area contributed by atoms with Crippen LogP contribution in [0.5, 0.6) is 0 Å². The molecule has 3 fully saturated rings. The Morgan fingerprint density at radius 1 is 1.03 bits per heavy atom. The number of nitrogens with zero attached hydrogens (tertiary/aromatic N) is 7. The van der Waals surface area contributed by atoms with E-state index < -0.39 is 0 Å². The number of benzene rings is 1. The Bertz CT molecular complexity index is 1190. The number of rotatable bonds is 5. The van der Waals surface area contributed by atoms with E-state index >= 15 is 0 Å². The highest BCUT2D eigenvalue weighted by molar-refractivity contribution is 6.01. The number of anilines is 1. The van der Waals surface area contributed by atoms with Crippen molar-refractivity contribution in [1.29, 1.82) is 0 Å². The predicted octanol–water partition coefficient (Wildman–Crippen LogP) is 3.23. The summed E-state index contributed by atoms with van der Waals surface area (Å²) < 4.78 is 1.94.